The molecule has 0 saturated carbocycles. The molecule has 74 valence electrons. The summed E-state index contributed by atoms with van der Waals surface area (Å²) < 4.78 is 11.1. The molecule has 1 aliphatic heterocycles. The van der Waals surface area contributed by atoms with E-state index in [2.05, 4.69) is 27.3 Å². The van der Waals surface area contributed by atoms with Gasteiger partial charge in [0.1, 0.15) is 11.9 Å². The zero-order chi connectivity index (χ0) is 10.0. The van der Waals surface area contributed by atoms with Crippen LogP contribution in [0.5, 0.6) is 0 Å². The summed E-state index contributed by atoms with van der Waals surface area (Å²) >= 11 is 2.26. The van der Waals surface area contributed by atoms with Gasteiger partial charge in [-0.3, -0.25) is 0 Å². The number of hydrogen-bond acceptors (Lipinski definition) is 3. The van der Waals surface area contributed by atoms with Crippen LogP contribution in [-0.4, -0.2) is 23.6 Å². The van der Waals surface area contributed by atoms with Crippen LogP contribution in [0.25, 0.3) is 0 Å². The molecule has 0 N–H and O–H groups in total. The molecule has 13 heavy (non-hydrogen) atoms. The van der Waals surface area contributed by atoms with E-state index in [0.717, 1.165) is 4.43 Å². The van der Waals surface area contributed by atoms with Crippen molar-refractivity contribution in [1.29, 1.82) is 0 Å². The number of rotatable bonds is 2. The van der Waals surface area contributed by atoms with Crippen LogP contribution in [-0.2, 0) is 14.3 Å². The first kappa shape index (κ1) is 10.8. The summed E-state index contributed by atoms with van der Waals surface area (Å²) in [5, 5.41) is 0. The number of carbonyl (C=O) groups is 1. The summed E-state index contributed by atoms with van der Waals surface area (Å²) in [4.78, 5) is 11.3. The normalized spacial score (nSPS) is 27.4. The fourth-order valence-corrected chi connectivity index (χ4v) is 2.45. The smallest absolute Gasteiger partial charge is 0.337 e. The maximum Gasteiger partial charge on any atom is 0.337 e. The van der Waals surface area contributed by atoms with Gasteiger partial charge in [0.25, 0.3) is 0 Å². The van der Waals surface area contributed by atoms with Gasteiger partial charge in [0.05, 0.1) is 12.7 Å². The number of alkyl halides is 1. The Hall–Kier alpha value is -0.260. The van der Waals surface area contributed by atoms with Gasteiger partial charge in [-0.05, 0) is 6.92 Å². The lowest BCUT2D eigenvalue weighted by molar-refractivity contribution is -0.136. The third-order valence-electron chi connectivity index (χ3n) is 2.28. The molecular weight excluding hydrogens is 283 g/mol. The van der Waals surface area contributed by atoms with Gasteiger partial charge in [-0.25, -0.2) is 4.79 Å². The molecule has 0 aliphatic carbocycles. The van der Waals surface area contributed by atoms with Gasteiger partial charge in [0.15, 0.2) is 0 Å². The molecule has 0 bridgehead atoms. The molecule has 0 radical (unpaired) electrons. The highest BCUT2D eigenvalue weighted by atomic mass is 127. The van der Waals surface area contributed by atoms with Crippen molar-refractivity contribution in [3.05, 3.63) is 11.3 Å². The number of ether oxygens (including phenoxy) is 2. The van der Waals surface area contributed by atoms with Crippen LogP contribution >= 0.6 is 22.6 Å². The predicted octanol–water partition coefficient (Wildman–Crippen LogP) is 1.90. The van der Waals surface area contributed by atoms with Crippen molar-refractivity contribution in [3.63, 3.8) is 0 Å². The second kappa shape index (κ2) is 4.30. The molecule has 0 spiro atoms. The summed E-state index contributed by atoms with van der Waals surface area (Å²) in [6.45, 7) is 3.81. The third kappa shape index (κ3) is 1.98. The van der Waals surface area contributed by atoms with Crippen molar-refractivity contribution >= 4 is 28.6 Å². The minimum absolute atomic E-state index is 0.120. The van der Waals surface area contributed by atoms with Crippen molar-refractivity contribution in [2.75, 3.05) is 11.5 Å². The molecule has 0 aromatic carbocycles. The number of halogens is 1. The molecule has 2 atom stereocenters. The van der Waals surface area contributed by atoms with Gasteiger partial charge in [-0.1, -0.05) is 29.5 Å². The zero-order valence-corrected chi connectivity index (χ0v) is 10.1. The van der Waals surface area contributed by atoms with Crippen molar-refractivity contribution in [1.82, 2.24) is 0 Å². The lowest BCUT2D eigenvalue weighted by Crippen LogP contribution is -2.20. The minimum atomic E-state index is -0.266. The van der Waals surface area contributed by atoms with Crippen LogP contribution in [0.2, 0.25) is 0 Å². The van der Waals surface area contributed by atoms with E-state index in [1.165, 1.54) is 7.11 Å². The van der Waals surface area contributed by atoms with Crippen LogP contribution < -0.4 is 0 Å². The lowest BCUT2D eigenvalue weighted by Gasteiger charge is -2.13. The number of carbonyl (C=O) groups excluding carboxylic acids is 1. The Morgan fingerprint density at radius 1 is 1.69 bits per heavy atom. The van der Waals surface area contributed by atoms with Crippen LogP contribution in [0, 0.1) is 5.92 Å². The molecule has 1 aliphatic rings. The summed E-state index contributed by atoms with van der Waals surface area (Å²) in [5.74, 6) is 0.586. The standard InChI is InChI=1S/C9H13IO3/c1-5-7(4-10)13-6(2)8(5)9(11)12-3/h5,7H,4H2,1-3H3/t5-,7-/m0/s1. The van der Waals surface area contributed by atoms with Crippen molar-refractivity contribution < 1.29 is 14.3 Å². The van der Waals surface area contributed by atoms with Crippen LogP contribution in [0.3, 0.4) is 0 Å². The summed E-state index contributed by atoms with van der Waals surface area (Å²) in [6.07, 6.45) is 0.120. The Balaban J connectivity index is 2.84. The van der Waals surface area contributed by atoms with E-state index in [-0.39, 0.29) is 18.0 Å². The average Bonchev–Trinajstić information content (AvgIpc) is 2.40. The van der Waals surface area contributed by atoms with Crippen molar-refractivity contribution in [2.24, 2.45) is 5.92 Å². The SMILES string of the molecule is COC(=O)C1=C(C)O[C@@H](CI)[C@@H]1C. The molecule has 3 nitrogen and oxygen atoms in total. The van der Waals surface area contributed by atoms with E-state index < -0.39 is 0 Å². The van der Waals surface area contributed by atoms with E-state index in [9.17, 15) is 4.79 Å². The highest BCUT2D eigenvalue weighted by molar-refractivity contribution is 14.1. The van der Waals surface area contributed by atoms with Gasteiger partial charge in [-0.15, -0.1) is 0 Å². The fourth-order valence-electron chi connectivity index (χ4n) is 1.50. The quantitative estimate of drug-likeness (QED) is 0.443. The molecule has 0 aromatic heterocycles. The van der Waals surface area contributed by atoms with E-state index in [4.69, 9.17) is 4.74 Å². The van der Waals surface area contributed by atoms with Gasteiger partial charge < -0.3 is 9.47 Å². The zero-order valence-electron chi connectivity index (χ0n) is 7.96. The van der Waals surface area contributed by atoms with Gasteiger partial charge >= 0.3 is 5.97 Å². The second-order valence-electron chi connectivity index (χ2n) is 3.06. The number of esters is 1. The topological polar surface area (TPSA) is 35.5 Å². The van der Waals surface area contributed by atoms with Crippen LogP contribution in [0.4, 0.5) is 0 Å². The lowest BCUT2D eigenvalue weighted by atomic mass is 9.98. The number of methoxy groups -OCH3 is 1. The van der Waals surface area contributed by atoms with E-state index >= 15 is 0 Å². The highest BCUT2D eigenvalue weighted by Gasteiger charge is 2.35. The second-order valence-corrected chi connectivity index (χ2v) is 3.94. The minimum Gasteiger partial charge on any atom is -0.493 e. The van der Waals surface area contributed by atoms with Crippen molar-refractivity contribution in [3.8, 4) is 0 Å². The largest absolute Gasteiger partial charge is 0.493 e. The Labute approximate surface area is 91.6 Å². The Kier molecular flexibility index (Phi) is 3.58. The first-order valence-electron chi connectivity index (χ1n) is 4.13. The van der Waals surface area contributed by atoms with E-state index in [1.807, 2.05) is 13.8 Å². The van der Waals surface area contributed by atoms with E-state index in [1.54, 1.807) is 0 Å². The summed E-state index contributed by atoms with van der Waals surface area (Å²) in [5.41, 5.74) is 0.684. The molecule has 4 heteroatoms. The Morgan fingerprint density at radius 2 is 2.31 bits per heavy atom. The molecule has 0 aromatic rings. The Morgan fingerprint density at radius 3 is 2.69 bits per heavy atom. The molecule has 1 heterocycles. The molecule has 0 fully saturated rings. The maximum absolute atomic E-state index is 11.3. The monoisotopic (exact) mass is 296 g/mol. The van der Waals surface area contributed by atoms with Crippen LogP contribution in [0.15, 0.2) is 11.3 Å². The van der Waals surface area contributed by atoms with Crippen molar-refractivity contribution in [2.45, 2.75) is 20.0 Å². The molecule has 0 unspecified atom stereocenters. The fraction of sp³-hybridized carbons (Fsp3) is 0.667. The van der Waals surface area contributed by atoms with Gasteiger partial charge in [-0.2, -0.15) is 0 Å². The molecule has 0 saturated heterocycles. The van der Waals surface area contributed by atoms with E-state index in [0.29, 0.717) is 11.3 Å². The molecule has 1 rings (SSSR count). The predicted molar refractivity (Wildman–Crippen MR) is 57.6 cm³/mol. The average molecular weight is 296 g/mol. The van der Waals surface area contributed by atoms with Gasteiger partial charge in [0.2, 0.25) is 0 Å². The maximum atomic E-state index is 11.3. The Bertz CT molecular complexity index is 247. The van der Waals surface area contributed by atoms with Gasteiger partial charge in [0, 0.05) is 10.3 Å². The van der Waals surface area contributed by atoms with Crippen LogP contribution in [0.1, 0.15) is 13.8 Å². The number of allylic oxidation sites excluding steroid dienone is 1. The molecule has 0 amide bonds. The first-order chi connectivity index (χ1) is 6.11. The first-order valence-corrected chi connectivity index (χ1v) is 5.66. The summed E-state index contributed by atoms with van der Waals surface area (Å²) in [6, 6.07) is 0. The third-order valence-corrected chi connectivity index (χ3v) is 3.15. The summed E-state index contributed by atoms with van der Waals surface area (Å²) in [7, 11) is 1.40. The highest BCUT2D eigenvalue weighted by Crippen LogP contribution is 2.32. The number of hydrogen-bond donors (Lipinski definition) is 0. The molecular formula is C9H13IO3.